The van der Waals surface area contributed by atoms with Crippen molar-refractivity contribution < 1.29 is 14.3 Å². The van der Waals surface area contributed by atoms with Crippen LogP contribution in [0.2, 0.25) is 0 Å². The normalized spacial score (nSPS) is 23.7. The number of aryl methyl sites for hydroxylation is 2. The van der Waals surface area contributed by atoms with E-state index in [4.69, 9.17) is 9.47 Å². The maximum Gasteiger partial charge on any atom is 0.359 e. The zero-order chi connectivity index (χ0) is 15.6. The molecule has 1 heterocycles. The second kappa shape index (κ2) is 6.18. The van der Waals surface area contributed by atoms with E-state index in [0.29, 0.717) is 12.3 Å². The standard InChI is InChI=1S/C16H26N2O3/c1-6-16(7-2)13(20-8-3)10-14(16)21-15(19)12-9-11(4)18(5)17-12/h9,13-14H,6-8,10H2,1-5H3. The summed E-state index contributed by atoms with van der Waals surface area (Å²) in [5.41, 5.74) is 1.28. The van der Waals surface area contributed by atoms with E-state index in [0.717, 1.165) is 25.0 Å². The van der Waals surface area contributed by atoms with Crippen LogP contribution in [0.4, 0.5) is 0 Å². The molecule has 2 unspecified atom stereocenters. The molecule has 5 heteroatoms. The fourth-order valence-corrected chi connectivity index (χ4v) is 3.32. The highest BCUT2D eigenvalue weighted by molar-refractivity contribution is 5.87. The summed E-state index contributed by atoms with van der Waals surface area (Å²) in [5, 5.41) is 4.19. The van der Waals surface area contributed by atoms with Crippen molar-refractivity contribution >= 4 is 5.97 Å². The molecule has 0 saturated heterocycles. The number of esters is 1. The second-order valence-corrected chi connectivity index (χ2v) is 5.81. The van der Waals surface area contributed by atoms with E-state index in [1.165, 1.54) is 0 Å². The Morgan fingerprint density at radius 2 is 2.05 bits per heavy atom. The molecular formula is C16H26N2O3. The van der Waals surface area contributed by atoms with Gasteiger partial charge >= 0.3 is 5.97 Å². The van der Waals surface area contributed by atoms with Crippen LogP contribution in [0, 0.1) is 12.3 Å². The average molecular weight is 294 g/mol. The summed E-state index contributed by atoms with van der Waals surface area (Å²) in [6.07, 6.45) is 2.81. The maximum absolute atomic E-state index is 12.3. The van der Waals surface area contributed by atoms with Gasteiger partial charge in [0.2, 0.25) is 0 Å². The van der Waals surface area contributed by atoms with Crippen molar-refractivity contribution in [2.75, 3.05) is 6.61 Å². The van der Waals surface area contributed by atoms with E-state index in [1.54, 1.807) is 10.7 Å². The van der Waals surface area contributed by atoms with E-state index >= 15 is 0 Å². The molecule has 0 spiro atoms. The van der Waals surface area contributed by atoms with Crippen molar-refractivity contribution in [2.45, 2.75) is 59.2 Å². The predicted octanol–water partition coefficient (Wildman–Crippen LogP) is 2.87. The lowest BCUT2D eigenvalue weighted by atomic mass is 9.60. The number of aromatic nitrogens is 2. The Bertz CT molecular complexity index is 486. The van der Waals surface area contributed by atoms with Crippen LogP contribution in [0.3, 0.4) is 0 Å². The summed E-state index contributed by atoms with van der Waals surface area (Å²) in [7, 11) is 1.82. The Morgan fingerprint density at radius 3 is 2.52 bits per heavy atom. The fraction of sp³-hybridized carbons (Fsp3) is 0.750. The summed E-state index contributed by atoms with van der Waals surface area (Å²) >= 11 is 0. The SMILES string of the molecule is CCOC1CC(OC(=O)c2cc(C)n(C)n2)C1(CC)CC. The van der Waals surface area contributed by atoms with Gasteiger partial charge in [0.15, 0.2) is 5.69 Å². The topological polar surface area (TPSA) is 53.4 Å². The van der Waals surface area contributed by atoms with Crippen molar-refractivity contribution in [3.8, 4) is 0 Å². The quantitative estimate of drug-likeness (QED) is 0.757. The number of carbonyl (C=O) groups excluding carboxylic acids is 1. The van der Waals surface area contributed by atoms with E-state index in [-0.39, 0.29) is 23.6 Å². The minimum absolute atomic E-state index is 0.0461. The third-order valence-corrected chi connectivity index (χ3v) is 4.97. The minimum Gasteiger partial charge on any atom is -0.457 e. The van der Waals surface area contributed by atoms with Crippen molar-refractivity contribution in [1.82, 2.24) is 9.78 Å². The first kappa shape index (κ1) is 16.0. The maximum atomic E-state index is 12.3. The molecule has 0 N–H and O–H groups in total. The number of rotatable bonds is 6. The van der Waals surface area contributed by atoms with Crippen LogP contribution in [-0.2, 0) is 16.5 Å². The first-order chi connectivity index (χ1) is 9.98. The summed E-state index contributed by atoms with van der Waals surface area (Å²) < 4.78 is 13.2. The second-order valence-electron chi connectivity index (χ2n) is 5.81. The molecule has 0 amide bonds. The van der Waals surface area contributed by atoms with Crippen LogP contribution < -0.4 is 0 Å². The van der Waals surface area contributed by atoms with Gasteiger partial charge < -0.3 is 9.47 Å². The Hall–Kier alpha value is -1.36. The molecule has 2 rings (SSSR count). The van der Waals surface area contributed by atoms with Crippen molar-refractivity contribution in [2.24, 2.45) is 12.5 Å². The van der Waals surface area contributed by atoms with Gasteiger partial charge in [-0.15, -0.1) is 0 Å². The molecule has 0 aromatic carbocycles. The monoisotopic (exact) mass is 294 g/mol. The van der Waals surface area contributed by atoms with Gasteiger partial charge in [0.05, 0.1) is 6.10 Å². The van der Waals surface area contributed by atoms with Crippen LogP contribution >= 0.6 is 0 Å². The third kappa shape index (κ3) is 2.71. The first-order valence-electron chi connectivity index (χ1n) is 7.81. The smallest absolute Gasteiger partial charge is 0.359 e. The Kier molecular flexibility index (Phi) is 4.71. The van der Waals surface area contributed by atoms with Gasteiger partial charge in [-0.3, -0.25) is 4.68 Å². The van der Waals surface area contributed by atoms with Crippen LogP contribution in [-0.4, -0.2) is 34.6 Å². The molecule has 1 aliphatic carbocycles. The minimum atomic E-state index is -0.329. The van der Waals surface area contributed by atoms with Gasteiger partial charge in [-0.05, 0) is 32.8 Å². The Balaban J connectivity index is 2.07. The molecule has 0 bridgehead atoms. The molecule has 1 fully saturated rings. The summed E-state index contributed by atoms with van der Waals surface area (Å²) in [6, 6.07) is 1.76. The molecule has 1 aliphatic rings. The van der Waals surface area contributed by atoms with Gasteiger partial charge in [0.1, 0.15) is 6.10 Å². The van der Waals surface area contributed by atoms with Gasteiger partial charge in [-0.25, -0.2) is 4.79 Å². The summed E-state index contributed by atoms with van der Waals surface area (Å²) in [5.74, 6) is -0.329. The summed E-state index contributed by atoms with van der Waals surface area (Å²) in [6.45, 7) is 8.90. The van der Waals surface area contributed by atoms with Gasteiger partial charge in [-0.1, -0.05) is 13.8 Å². The molecule has 2 atom stereocenters. The van der Waals surface area contributed by atoms with E-state index < -0.39 is 0 Å². The zero-order valence-corrected chi connectivity index (χ0v) is 13.7. The highest BCUT2D eigenvalue weighted by Gasteiger charge is 2.55. The molecule has 5 nitrogen and oxygen atoms in total. The molecule has 0 radical (unpaired) electrons. The molecule has 1 aromatic rings. The number of hydrogen-bond acceptors (Lipinski definition) is 4. The molecule has 1 aromatic heterocycles. The first-order valence-corrected chi connectivity index (χ1v) is 7.81. The lowest BCUT2D eigenvalue weighted by Gasteiger charge is -2.53. The number of carbonyl (C=O) groups is 1. The lowest BCUT2D eigenvalue weighted by Crippen LogP contribution is -2.59. The van der Waals surface area contributed by atoms with Crippen LogP contribution in [0.1, 0.15) is 56.2 Å². The van der Waals surface area contributed by atoms with Gasteiger partial charge in [0.25, 0.3) is 0 Å². The summed E-state index contributed by atoms with van der Waals surface area (Å²) in [4.78, 5) is 12.3. The molecule has 21 heavy (non-hydrogen) atoms. The fourth-order valence-electron chi connectivity index (χ4n) is 3.32. The highest BCUT2D eigenvalue weighted by atomic mass is 16.6. The predicted molar refractivity (Wildman–Crippen MR) is 80.2 cm³/mol. The van der Waals surface area contributed by atoms with Crippen molar-refractivity contribution in [3.05, 3.63) is 17.5 Å². The van der Waals surface area contributed by atoms with Crippen LogP contribution in [0.15, 0.2) is 6.07 Å². The van der Waals surface area contributed by atoms with E-state index in [9.17, 15) is 4.79 Å². The van der Waals surface area contributed by atoms with Crippen LogP contribution in [0.25, 0.3) is 0 Å². The average Bonchev–Trinajstić information content (AvgIpc) is 2.79. The zero-order valence-electron chi connectivity index (χ0n) is 13.7. The van der Waals surface area contributed by atoms with E-state index in [2.05, 4.69) is 18.9 Å². The molecular weight excluding hydrogens is 268 g/mol. The Morgan fingerprint density at radius 1 is 1.38 bits per heavy atom. The number of hydrogen-bond donors (Lipinski definition) is 0. The van der Waals surface area contributed by atoms with Gasteiger partial charge in [0, 0.05) is 31.2 Å². The van der Waals surface area contributed by atoms with Crippen molar-refractivity contribution in [3.63, 3.8) is 0 Å². The molecule has 118 valence electrons. The van der Waals surface area contributed by atoms with Crippen LogP contribution in [0.5, 0.6) is 0 Å². The van der Waals surface area contributed by atoms with E-state index in [1.807, 2.05) is 20.9 Å². The van der Waals surface area contributed by atoms with Crippen molar-refractivity contribution in [1.29, 1.82) is 0 Å². The Labute approximate surface area is 126 Å². The number of nitrogens with zero attached hydrogens (tertiary/aromatic N) is 2. The lowest BCUT2D eigenvalue weighted by molar-refractivity contribution is -0.195. The molecule has 0 aliphatic heterocycles. The third-order valence-electron chi connectivity index (χ3n) is 4.97. The van der Waals surface area contributed by atoms with Gasteiger partial charge in [-0.2, -0.15) is 5.10 Å². The highest BCUT2D eigenvalue weighted by Crippen LogP contribution is 2.50. The molecule has 1 saturated carbocycles. The largest absolute Gasteiger partial charge is 0.457 e. The number of ether oxygens (including phenoxy) is 2.